The molecule has 0 spiro atoms. The molecule has 4 heteroatoms. The fourth-order valence-corrected chi connectivity index (χ4v) is 2.17. The van der Waals surface area contributed by atoms with Gasteiger partial charge < -0.3 is 10.8 Å². The lowest BCUT2D eigenvalue weighted by atomic mass is 9.87. The molecule has 0 amide bonds. The van der Waals surface area contributed by atoms with Crippen molar-refractivity contribution < 1.29 is 9.90 Å². The first-order chi connectivity index (χ1) is 7.99. The van der Waals surface area contributed by atoms with Crippen LogP contribution in [0.25, 0.3) is 0 Å². The molecule has 0 heterocycles. The molecule has 0 bridgehead atoms. The van der Waals surface area contributed by atoms with Crippen LogP contribution in [0.3, 0.4) is 0 Å². The standard InChI is InChI=1S/C13H18BrNO2/c1-2-3-8-13(15,12(16)17)9-10-6-4-5-7-11(10)14/h4-7H,2-3,8-9,15H2,1H3,(H,16,17)/t13-/m0/s1. The molecule has 0 aliphatic rings. The number of unbranched alkanes of at least 4 members (excludes halogenated alkanes) is 1. The first-order valence-electron chi connectivity index (χ1n) is 5.75. The maximum atomic E-state index is 11.3. The van der Waals surface area contributed by atoms with Crippen molar-refractivity contribution in [1.82, 2.24) is 0 Å². The van der Waals surface area contributed by atoms with E-state index in [-0.39, 0.29) is 0 Å². The maximum Gasteiger partial charge on any atom is 0.324 e. The lowest BCUT2D eigenvalue weighted by Gasteiger charge is -2.25. The van der Waals surface area contributed by atoms with E-state index in [9.17, 15) is 9.90 Å². The van der Waals surface area contributed by atoms with Crippen LogP contribution in [0.5, 0.6) is 0 Å². The molecule has 0 aliphatic heterocycles. The fourth-order valence-electron chi connectivity index (χ4n) is 1.74. The van der Waals surface area contributed by atoms with Crippen LogP contribution >= 0.6 is 15.9 Å². The number of nitrogens with two attached hydrogens (primary N) is 1. The predicted octanol–water partition coefficient (Wildman–Crippen LogP) is 2.96. The van der Waals surface area contributed by atoms with Crippen molar-refractivity contribution in [1.29, 1.82) is 0 Å². The van der Waals surface area contributed by atoms with Gasteiger partial charge in [0.05, 0.1) is 0 Å². The zero-order valence-corrected chi connectivity index (χ0v) is 11.5. The third kappa shape index (κ3) is 3.82. The Kier molecular flexibility index (Phi) is 5.15. The lowest BCUT2D eigenvalue weighted by Crippen LogP contribution is -2.50. The van der Waals surface area contributed by atoms with Gasteiger partial charge in [0.25, 0.3) is 0 Å². The summed E-state index contributed by atoms with van der Waals surface area (Å²) in [4.78, 5) is 11.3. The molecule has 1 aromatic carbocycles. The van der Waals surface area contributed by atoms with Gasteiger partial charge in [-0.1, -0.05) is 53.9 Å². The molecule has 1 atom stereocenters. The zero-order valence-electron chi connectivity index (χ0n) is 9.95. The number of aliphatic carboxylic acids is 1. The van der Waals surface area contributed by atoms with E-state index in [0.29, 0.717) is 12.8 Å². The Morgan fingerprint density at radius 3 is 2.65 bits per heavy atom. The lowest BCUT2D eigenvalue weighted by molar-refractivity contribution is -0.143. The van der Waals surface area contributed by atoms with Gasteiger partial charge in [-0.25, -0.2) is 0 Å². The van der Waals surface area contributed by atoms with Gasteiger partial charge in [-0.2, -0.15) is 0 Å². The van der Waals surface area contributed by atoms with Crippen LogP contribution in [-0.4, -0.2) is 16.6 Å². The highest BCUT2D eigenvalue weighted by atomic mass is 79.9. The van der Waals surface area contributed by atoms with Crippen molar-refractivity contribution in [3.63, 3.8) is 0 Å². The van der Waals surface area contributed by atoms with Crippen LogP contribution in [0.4, 0.5) is 0 Å². The van der Waals surface area contributed by atoms with Crippen molar-refractivity contribution in [2.24, 2.45) is 5.73 Å². The van der Waals surface area contributed by atoms with E-state index in [0.717, 1.165) is 22.9 Å². The molecule has 0 unspecified atom stereocenters. The molecule has 3 nitrogen and oxygen atoms in total. The number of rotatable bonds is 6. The summed E-state index contributed by atoms with van der Waals surface area (Å²) in [5.74, 6) is -0.929. The van der Waals surface area contributed by atoms with Gasteiger partial charge in [-0.05, 0) is 18.1 Å². The molecule has 3 N–H and O–H groups in total. The number of benzene rings is 1. The average molecular weight is 300 g/mol. The highest BCUT2D eigenvalue weighted by molar-refractivity contribution is 9.10. The SMILES string of the molecule is CCCC[C@](N)(Cc1ccccc1Br)C(=O)O. The highest BCUT2D eigenvalue weighted by Crippen LogP contribution is 2.23. The smallest absolute Gasteiger partial charge is 0.324 e. The molecular weight excluding hydrogens is 282 g/mol. The van der Waals surface area contributed by atoms with E-state index in [1.54, 1.807) is 0 Å². The minimum Gasteiger partial charge on any atom is -0.480 e. The summed E-state index contributed by atoms with van der Waals surface area (Å²) < 4.78 is 0.910. The molecule has 0 saturated carbocycles. The molecule has 17 heavy (non-hydrogen) atoms. The van der Waals surface area contributed by atoms with E-state index in [4.69, 9.17) is 5.73 Å². The summed E-state index contributed by atoms with van der Waals surface area (Å²) in [5.41, 5.74) is 5.78. The second-order valence-electron chi connectivity index (χ2n) is 4.33. The summed E-state index contributed by atoms with van der Waals surface area (Å²) in [6.07, 6.45) is 2.62. The van der Waals surface area contributed by atoms with Crippen molar-refractivity contribution in [2.45, 2.75) is 38.1 Å². The topological polar surface area (TPSA) is 63.3 Å². The van der Waals surface area contributed by atoms with E-state index in [2.05, 4.69) is 15.9 Å². The van der Waals surface area contributed by atoms with Gasteiger partial charge in [-0.3, -0.25) is 4.79 Å². The Labute approximate surface area is 110 Å². The van der Waals surface area contributed by atoms with Crippen LogP contribution in [0.2, 0.25) is 0 Å². The first kappa shape index (κ1) is 14.2. The molecule has 94 valence electrons. The number of hydrogen-bond acceptors (Lipinski definition) is 2. The van der Waals surface area contributed by atoms with Gasteiger partial charge in [0.15, 0.2) is 0 Å². The van der Waals surface area contributed by atoms with Gasteiger partial charge >= 0.3 is 5.97 Å². The van der Waals surface area contributed by atoms with Crippen molar-refractivity contribution >= 4 is 21.9 Å². The third-order valence-electron chi connectivity index (χ3n) is 2.87. The summed E-state index contributed by atoms with van der Waals surface area (Å²) in [5, 5.41) is 9.27. The molecule has 0 saturated heterocycles. The quantitative estimate of drug-likeness (QED) is 0.849. The van der Waals surface area contributed by atoms with Crippen LogP contribution in [0, 0.1) is 0 Å². The molecular formula is C13H18BrNO2. The summed E-state index contributed by atoms with van der Waals surface area (Å²) in [6.45, 7) is 2.03. The second-order valence-corrected chi connectivity index (χ2v) is 5.19. The Hall–Kier alpha value is -0.870. The predicted molar refractivity (Wildman–Crippen MR) is 71.9 cm³/mol. The molecule has 0 radical (unpaired) electrons. The summed E-state index contributed by atoms with van der Waals surface area (Å²) in [6, 6.07) is 7.60. The number of carboxylic acid groups (broad SMARTS) is 1. The summed E-state index contributed by atoms with van der Waals surface area (Å²) >= 11 is 3.42. The van der Waals surface area contributed by atoms with Gasteiger partial charge in [0, 0.05) is 10.9 Å². The Morgan fingerprint density at radius 2 is 2.12 bits per heavy atom. The van der Waals surface area contributed by atoms with Crippen molar-refractivity contribution in [3.8, 4) is 0 Å². The van der Waals surface area contributed by atoms with Gasteiger partial charge in [0.1, 0.15) is 5.54 Å². The Balaban J connectivity index is 2.87. The van der Waals surface area contributed by atoms with E-state index >= 15 is 0 Å². The minimum atomic E-state index is -1.17. The first-order valence-corrected chi connectivity index (χ1v) is 6.54. The maximum absolute atomic E-state index is 11.3. The van der Waals surface area contributed by atoms with Crippen molar-refractivity contribution in [2.75, 3.05) is 0 Å². The average Bonchev–Trinajstić information content (AvgIpc) is 2.29. The van der Waals surface area contributed by atoms with E-state index in [1.807, 2.05) is 31.2 Å². The molecule has 0 aromatic heterocycles. The van der Waals surface area contributed by atoms with Crippen LogP contribution in [-0.2, 0) is 11.2 Å². The number of halogens is 1. The van der Waals surface area contributed by atoms with Gasteiger partial charge in [-0.15, -0.1) is 0 Å². The number of carboxylic acids is 1. The van der Waals surface area contributed by atoms with Crippen LogP contribution in [0.15, 0.2) is 28.7 Å². The molecule has 1 aromatic rings. The molecule has 0 fully saturated rings. The van der Waals surface area contributed by atoms with E-state index < -0.39 is 11.5 Å². The van der Waals surface area contributed by atoms with Gasteiger partial charge in [0.2, 0.25) is 0 Å². The second kappa shape index (κ2) is 6.17. The largest absolute Gasteiger partial charge is 0.480 e. The highest BCUT2D eigenvalue weighted by Gasteiger charge is 2.33. The Bertz CT molecular complexity index is 395. The van der Waals surface area contributed by atoms with E-state index in [1.165, 1.54) is 0 Å². The van der Waals surface area contributed by atoms with Crippen LogP contribution in [0.1, 0.15) is 31.7 Å². The summed E-state index contributed by atoms with van der Waals surface area (Å²) in [7, 11) is 0. The monoisotopic (exact) mass is 299 g/mol. The third-order valence-corrected chi connectivity index (χ3v) is 3.64. The number of hydrogen-bond donors (Lipinski definition) is 2. The van der Waals surface area contributed by atoms with Crippen molar-refractivity contribution in [3.05, 3.63) is 34.3 Å². The number of carbonyl (C=O) groups is 1. The van der Waals surface area contributed by atoms with Crippen LogP contribution < -0.4 is 5.73 Å². The molecule has 0 aliphatic carbocycles. The zero-order chi connectivity index (χ0) is 12.9. The minimum absolute atomic E-state index is 0.351. The fraction of sp³-hybridized carbons (Fsp3) is 0.462. The normalized spacial score (nSPS) is 14.3. The Morgan fingerprint density at radius 1 is 1.47 bits per heavy atom. The molecule has 1 rings (SSSR count).